The van der Waals surface area contributed by atoms with E-state index in [4.69, 9.17) is 12.2 Å². The molecule has 0 spiro atoms. The van der Waals surface area contributed by atoms with Gasteiger partial charge in [0.2, 0.25) is 0 Å². The van der Waals surface area contributed by atoms with Crippen LogP contribution in [0.1, 0.15) is 11.1 Å². The second-order valence-corrected chi connectivity index (χ2v) is 4.85. The molecule has 0 heterocycles. The van der Waals surface area contributed by atoms with Crippen LogP contribution in [0.4, 0.5) is 5.69 Å². The van der Waals surface area contributed by atoms with Crippen LogP contribution in [-0.2, 0) is 6.42 Å². The molecule has 2 N–H and O–H groups in total. The van der Waals surface area contributed by atoms with Crippen LogP contribution in [0.5, 0.6) is 0 Å². The Balaban J connectivity index is 2.10. The van der Waals surface area contributed by atoms with Crippen LogP contribution in [-0.4, -0.2) is 11.7 Å². The van der Waals surface area contributed by atoms with Crippen LogP contribution in [0.15, 0.2) is 67.3 Å². The summed E-state index contributed by atoms with van der Waals surface area (Å²) >= 11 is 5.26. The van der Waals surface area contributed by atoms with E-state index in [1.165, 1.54) is 11.1 Å². The van der Waals surface area contributed by atoms with Crippen molar-refractivity contribution in [1.82, 2.24) is 5.32 Å². The fourth-order valence-corrected chi connectivity index (χ4v) is 2.14. The van der Waals surface area contributed by atoms with Gasteiger partial charge in [0.05, 0.1) is 0 Å². The summed E-state index contributed by atoms with van der Waals surface area (Å²) < 4.78 is 0. The Morgan fingerprint density at radius 1 is 1.05 bits per heavy atom. The van der Waals surface area contributed by atoms with Crippen LogP contribution >= 0.6 is 12.2 Å². The molecule has 0 saturated heterocycles. The summed E-state index contributed by atoms with van der Waals surface area (Å²) in [6.45, 7) is 4.32. The Hall–Kier alpha value is -2.13. The molecule has 0 unspecified atom stereocenters. The van der Waals surface area contributed by atoms with Gasteiger partial charge in [-0.25, -0.2) is 0 Å². The van der Waals surface area contributed by atoms with Gasteiger partial charge in [0, 0.05) is 12.2 Å². The third-order valence-electron chi connectivity index (χ3n) is 2.91. The van der Waals surface area contributed by atoms with E-state index in [0.29, 0.717) is 11.7 Å². The maximum atomic E-state index is 5.26. The standard InChI is InChI=1S/C17H18N2S/c1-2-12-18-17(20)19-16-11-7-6-10-15(16)13-14-8-4-3-5-9-14/h2-11H,1,12-13H2,(H2,18,19,20). The van der Waals surface area contributed by atoms with Crippen LogP contribution < -0.4 is 10.6 Å². The largest absolute Gasteiger partial charge is 0.359 e. The number of anilines is 1. The van der Waals surface area contributed by atoms with Crippen molar-refractivity contribution in [2.45, 2.75) is 6.42 Å². The highest BCUT2D eigenvalue weighted by atomic mass is 32.1. The Labute approximate surface area is 125 Å². The topological polar surface area (TPSA) is 24.1 Å². The first-order valence-electron chi connectivity index (χ1n) is 6.57. The maximum Gasteiger partial charge on any atom is 0.171 e. The molecule has 0 aliphatic rings. The number of nitrogens with one attached hydrogen (secondary N) is 2. The molecule has 3 heteroatoms. The van der Waals surface area contributed by atoms with Crippen molar-refractivity contribution in [2.24, 2.45) is 0 Å². The predicted molar refractivity (Wildman–Crippen MR) is 90.1 cm³/mol. The Kier molecular flexibility index (Phi) is 5.33. The van der Waals surface area contributed by atoms with E-state index in [-0.39, 0.29) is 0 Å². The van der Waals surface area contributed by atoms with Crippen molar-refractivity contribution < 1.29 is 0 Å². The molecule has 0 fully saturated rings. The van der Waals surface area contributed by atoms with Crippen molar-refractivity contribution >= 4 is 23.0 Å². The Morgan fingerprint density at radius 2 is 1.75 bits per heavy atom. The average Bonchev–Trinajstić information content (AvgIpc) is 2.48. The van der Waals surface area contributed by atoms with Crippen LogP contribution in [0.3, 0.4) is 0 Å². The van der Waals surface area contributed by atoms with Gasteiger partial charge < -0.3 is 10.6 Å². The van der Waals surface area contributed by atoms with E-state index in [1.807, 2.05) is 24.3 Å². The molecule has 2 nitrogen and oxygen atoms in total. The van der Waals surface area contributed by atoms with E-state index in [0.717, 1.165) is 12.1 Å². The van der Waals surface area contributed by atoms with Gasteiger partial charge in [0.15, 0.2) is 5.11 Å². The number of thiocarbonyl (C=S) groups is 1. The number of hydrogen-bond acceptors (Lipinski definition) is 1. The summed E-state index contributed by atoms with van der Waals surface area (Å²) in [6.07, 6.45) is 2.66. The third kappa shape index (κ3) is 4.21. The monoisotopic (exact) mass is 282 g/mol. The highest BCUT2D eigenvalue weighted by molar-refractivity contribution is 7.80. The molecule has 0 atom stereocenters. The number of rotatable bonds is 5. The second-order valence-electron chi connectivity index (χ2n) is 4.44. The molecule has 0 aliphatic carbocycles. The van der Waals surface area contributed by atoms with Gasteiger partial charge >= 0.3 is 0 Å². The first-order chi connectivity index (χ1) is 9.79. The highest BCUT2D eigenvalue weighted by Gasteiger charge is 2.04. The lowest BCUT2D eigenvalue weighted by molar-refractivity contribution is 1.06. The zero-order valence-electron chi connectivity index (χ0n) is 11.3. The predicted octanol–water partition coefficient (Wildman–Crippen LogP) is 3.75. The molecule has 2 aromatic rings. The first kappa shape index (κ1) is 14.3. The average molecular weight is 282 g/mol. The van der Waals surface area contributed by atoms with Gasteiger partial charge in [0.25, 0.3) is 0 Å². The van der Waals surface area contributed by atoms with E-state index in [9.17, 15) is 0 Å². The van der Waals surface area contributed by atoms with Gasteiger partial charge in [-0.15, -0.1) is 6.58 Å². The van der Waals surface area contributed by atoms with Gasteiger partial charge in [-0.2, -0.15) is 0 Å². The van der Waals surface area contributed by atoms with E-state index in [1.54, 1.807) is 6.08 Å². The summed E-state index contributed by atoms with van der Waals surface area (Å²) in [6, 6.07) is 18.6. The molecule has 0 amide bonds. The fourth-order valence-electron chi connectivity index (χ4n) is 1.94. The minimum atomic E-state index is 0.616. The van der Waals surface area contributed by atoms with E-state index in [2.05, 4.69) is 47.5 Å². The molecule has 20 heavy (non-hydrogen) atoms. The van der Waals surface area contributed by atoms with Gasteiger partial charge in [-0.05, 0) is 35.8 Å². The zero-order chi connectivity index (χ0) is 14.2. The molecule has 0 saturated carbocycles. The SMILES string of the molecule is C=CCNC(=S)Nc1ccccc1Cc1ccccc1. The lowest BCUT2D eigenvalue weighted by atomic mass is 10.0. The highest BCUT2D eigenvalue weighted by Crippen LogP contribution is 2.18. The van der Waals surface area contributed by atoms with Crippen molar-refractivity contribution in [1.29, 1.82) is 0 Å². The van der Waals surface area contributed by atoms with Crippen molar-refractivity contribution in [3.05, 3.63) is 78.4 Å². The molecular weight excluding hydrogens is 264 g/mol. The molecule has 0 aromatic heterocycles. The molecule has 2 rings (SSSR count). The quantitative estimate of drug-likeness (QED) is 0.645. The van der Waals surface area contributed by atoms with Crippen LogP contribution in [0.25, 0.3) is 0 Å². The minimum absolute atomic E-state index is 0.616. The van der Waals surface area contributed by atoms with Gasteiger partial charge in [-0.1, -0.05) is 54.6 Å². The van der Waals surface area contributed by atoms with E-state index >= 15 is 0 Å². The molecule has 0 aliphatic heterocycles. The number of para-hydroxylation sites is 1. The maximum absolute atomic E-state index is 5.26. The Bertz CT molecular complexity index is 579. The molecule has 0 radical (unpaired) electrons. The molecule has 2 aromatic carbocycles. The Morgan fingerprint density at radius 3 is 2.50 bits per heavy atom. The molecule has 0 bridgehead atoms. The summed E-state index contributed by atoms with van der Waals surface area (Å²) in [7, 11) is 0. The summed E-state index contributed by atoms with van der Waals surface area (Å²) in [5.41, 5.74) is 3.55. The number of hydrogen-bond donors (Lipinski definition) is 2. The van der Waals surface area contributed by atoms with Crippen molar-refractivity contribution in [3.63, 3.8) is 0 Å². The van der Waals surface area contributed by atoms with Gasteiger partial charge in [-0.3, -0.25) is 0 Å². The van der Waals surface area contributed by atoms with Gasteiger partial charge in [0.1, 0.15) is 0 Å². The molecular formula is C17H18N2S. The van der Waals surface area contributed by atoms with Crippen LogP contribution in [0.2, 0.25) is 0 Å². The lowest BCUT2D eigenvalue weighted by Gasteiger charge is -2.13. The third-order valence-corrected chi connectivity index (χ3v) is 3.16. The second kappa shape index (κ2) is 7.46. The summed E-state index contributed by atoms with van der Waals surface area (Å²) in [5, 5.41) is 6.93. The number of benzene rings is 2. The first-order valence-corrected chi connectivity index (χ1v) is 6.98. The normalized spacial score (nSPS) is 9.80. The minimum Gasteiger partial charge on any atom is -0.359 e. The lowest BCUT2D eigenvalue weighted by Crippen LogP contribution is -2.28. The van der Waals surface area contributed by atoms with Crippen LogP contribution in [0, 0.1) is 0 Å². The molecule has 102 valence electrons. The summed E-state index contributed by atoms with van der Waals surface area (Å²) in [5.74, 6) is 0. The summed E-state index contributed by atoms with van der Waals surface area (Å²) in [4.78, 5) is 0. The fraction of sp³-hybridized carbons (Fsp3) is 0.118. The smallest absolute Gasteiger partial charge is 0.171 e. The van der Waals surface area contributed by atoms with Crippen molar-refractivity contribution in [2.75, 3.05) is 11.9 Å². The van der Waals surface area contributed by atoms with E-state index < -0.39 is 0 Å². The van der Waals surface area contributed by atoms with Crippen molar-refractivity contribution in [3.8, 4) is 0 Å². The zero-order valence-corrected chi connectivity index (χ0v) is 12.1.